The molecule has 0 unspecified atom stereocenters. The van der Waals surface area contributed by atoms with Gasteiger partial charge in [-0.15, -0.1) is 0 Å². The van der Waals surface area contributed by atoms with Crippen LogP contribution in [0.5, 0.6) is 11.5 Å². The molecule has 2 amide bonds. The average Bonchev–Trinajstić information content (AvgIpc) is 3.00. The molecule has 8 nitrogen and oxygen atoms in total. The standard InChI is InChI=1S/C16H18N2O6/c1-22-15(20)8-17-16(21)10-6-14(19)18(9-10)11-2-3-12-13(7-11)24-5-4-23-12/h2-3,7,10H,4-6,8-9H2,1H3,(H,17,21)/t10-/m0/s1. The highest BCUT2D eigenvalue weighted by Gasteiger charge is 2.35. The van der Waals surface area contributed by atoms with Gasteiger partial charge < -0.3 is 24.4 Å². The van der Waals surface area contributed by atoms with Gasteiger partial charge in [-0.2, -0.15) is 0 Å². The van der Waals surface area contributed by atoms with E-state index in [1.165, 1.54) is 7.11 Å². The number of hydrogen-bond donors (Lipinski definition) is 1. The third-order valence-electron chi connectivity index (χ3n) is 3.97. The molecule has 1 saturated heterocycles. The van der Waals surface area contributed by atoms with Gasteiger partial charge in [-0.1, -0.05) is 0 Å². The van der Waals surface area contributed by atoms with Crippen molar-refractivity contribution in [1.29, 1.82) is 0 Å². The molecule has 128 valence electrons. The Balaban J connectivity index is 1.66. The van der Waals surface area contributed by atoms with Crippen molar-refractivity contribution in [2.45, 2.75) is 6.42 Å². The molecule has 2 aliphatic heterocycles. The lowest BCUT2D eigenvalue weighted by atomic mass is 10.1. The number of hydrogen-bond acceptors (Lipinski definition) is 6. The molecule has 1 fully saturated rings. The van der Waals surface area contributed by atoms with Crippen LogP contribution in [0.1, 0.15) is 6.42 Å². The zero-order valence-electron chi connectivity index (χ0n) is 13.2. The molecular weight excluding hydrogens is 316 g/mol. The number of anilines is 1. The number of fused-ring (bicyclic) bond motifs is 1. The van der Waals surface area contributed by atoms with Gasteiger partial charge >= 0.3 is 5.97 Å². The van der Waals surface area contributed by atoms with Crippen LogP contribution in [0.3, 0.4) is 0 Å². The van der Waals surface area contributed by atoms with Crippen molar-refractivity contribution in [2.75, 3.05) is 38.3 Å². The molecule has 24 heavy (non-hydrogen) atoms. The van der Waals surface area contributed by atoms with Gasteiger partial charge in [0.2, 0.25) is 11.8 Å². The maximum Gasteiger partial charge on any atom is 0.325 e. The Kier molecular flexibility index (Phi) is 4.54. The SMILES string of the molecule is COC(=O)CNC(=O)[C@H]1CC(=O)N(c2ccc3c(c2)OCCO3)C1. The van der Waals surface area contributed by atoms with Crippen LogP contribution < -0.4 is 19.7 Å². The Morgan fingerprint density at radius 3 is 2.79 bits per heavy atom. The van der Waals surface area contributed by atoms with Crippen molar-refractivity contribution in [2.24, 2.45) is 5.92 Å². The van der Waals surface area contributed by atoms with Crippen molar-refractivity contribution in [3.8, 4) is 11.5 Å². The molecule has 2 heterocycles. The first kappa shape index (κ1) is 16.1. The molecule has 3 rings (SSSR count). The van der Waals surface area contributed by atoms with Gasteiger partial charge in [0.05, 0.1) is 13.0 Å². The van der Waals surface area contributed by atoms with E-state index < -0.39 is 11.9 Å². The molecule has 1 aromatic rings. The third kappa shape index (κ3) is 3.27. The predicted molar refractivity (Wildman–Crippen MR) is 82.9 cm³/mol. The van der Waals surface area contributed by atoms with E-state index in [-0.39, 0.29) is 31.3 Å². The normalized spacial score (nSPS) is 19.1. The zero-order chi connectivity index (χ0) is 17.1. The van der Waals surface area contributed by atoms with Gasteiger partial charge in [-0.3, -0.25) is 14.4 Å². The van der Waals surface area contributed by atoms with E-state index >= 15 is 0 Å². The molecule has 0 radical (unpaired) electrons. The van der Waals surface area contributed by atoms with Crippen molar-refractivity contribution in [3.63, 3.8) is 0 Å². The maximum absolute atomic E-state index is 12.2. The molecule has 0 aromatic heterocycles. The van der Waals surface area contributed by atoms with Gasteiger partial charge in [-0.25, -0.2) is 0 Å². The second-order valence-electron chi connectivity index (χ2n) is 5.53. The van der Waals surface area contributed by atoms with Gasteiger partial charge in [0.15, 0.2) is 11.5 Å². The van der Waals surface area contributed by atoms with E-state index in [4.69, 9.17) is 9.47 Å². The highest BCUT2D eigenvalue weighted by Crippen LogP contribution is 2.35. The van der Waals surface area contributed by atoms with E-state index in [9.17, 15) is 14.4 Å². The first-order chi connectivity index (χ1) is 11.6. The van der Waals surface area contributed by atoms with Crippen molar-refractivity contribution >= 4 is 23.5 Å². The molecule has 2 aliphatic rings. The Morgan fingerprint density at radius 1 is 1.29 bits per heavy atom. The van der Waals surface area contributed by atoms with Crippen LogP contribution in [0.4, 0.5) is 5.69 Å². The number of nitrogens with zero attached hydrogens (tertiary/aromatic N) is 1. The largest absolute Gasteiger partial charge is 0.486 e. The Morgan fingerprint density at radius 2 is 2.04 bits per heavy atom. The number of rotatable bonds is 4. The highest BCUT2D eigenvalue weighted by molar-refractivity contribution is 6.00. The van der Waals surface area contributed by atoms with Crippen LogP contribution >= 0.6 is 0 Å². The van der Waals surface area contributed by atoms with Crippen molar-refractivity contribution < 1.29 is 28.6 Å². The van der Waals surface area contributed by atoms with Crippen molar-refractivity contribution in [1.82, 2.24) is 5.32 Å². The lowest BCUT2D eigenvalue weighted by molar-refractivity contribution is -0.141. The number of ether oxygens (including phenoxy) is 3. The summed E-state index contributed by atoms with van der Waals surface area (Å²) < 4.78 is 15.4. The summed E-state index contributed by atoms with van der Waals surface area (Å²) in [5.41, 5.74) is 0.660. The van der Waals surface area contributed by atoms with Crippen LogP contribution in [0.2, 0.25) is 0 Å². The molecule has 0 bridgehead atoms. The number of methoxy groups -OCH3 is 1. The van der Waals surface area contributed by atoms with Gasteiger partial charge in [0, 0.05) is 24.7 Å². The van der Waals surface area contributed by atoms with Crippen LogP contribution in [0.25, 0.3) is 0 Å². The summed E-state index contributed by atoms with van der Waals surface area (Å²) in [6.45, 7) is 1.01. The first-order valence-electron chi connectivity index (χ1n) is 7.63. The Labute approximate surface area is 138 Å². The van der Waals surface area contributed by atoms with Crippen LogP contribution in [0.15, 0.2) is 18.2 Å². The summed E-state index contributed by atoms with van der Waals surface area (Å²) in [6.07, 6.45) is 0.0987. The minimum Gasteiger partial charge on any atom is -0.486 e. The van der Waals surface area contributed by atoms with Gasteiger partial charge in [0.1, 0.15) is 19.8 Å². The number of esters is 1. The summed E-state index contributed by atoms with van der Waals surface area (Å²) >= 11 is 0. The summed E-state index contributed by atoms with van der Waals surface area (Å²) in [7, 11) is 1.25. The van der Waals surface area contributed by atoms with Crippen LogP contribution in [-0.2, 0) is 19.1 Å². The van der Waals surface area contributed by atoms with Crippen LogP contribution in [0, 0.1) is 5.92 Å². The monoisotopic (exact) mass is 334 g/mol. The molecule has 8 heteroatoms. The lowest BCUT2D eigenvalue weighted by Gasteiger charge is -2.22. The minimum absolute atomic E-state index is 0.0987. The highest BCUT2D eigenvalue weighted by atomic mass is 16.6. The second-order valence-corrected chi connectivity index (χ2v) is 5.53. The zero-order valence-corrected chi connectivity index (χ0v) is 13.2. The number of carbonyl (C=O) groups excluding carboxylic acids is 3. The first-order valence-corrected chi connectivity index (χ1v) is 7.63. The molecule has 0 aliphatic carbocycles. The third-order valence-corrected chi connectivity index (χ3v) is 3.97. The molecular formula is C16H18N2O6. The number of nitrogens with one attached hydrogen (secondary N) is 1. The molecule has 0 spiro atoms. The van der Waals surface area contributed by atoms with E-state index in [1.54, 1.807) is 23.1 Å². The molecule has 1 N–H and O–H groups in total. The summed E-state index contributed by atoms with van der Waals surface area (Å²) in [5.74, 6) is -0.292. The molecule has 1 aromatic carbocycles. The Hall–Kier alpha value is -2.77. The molecule has 0 saturated carbocycles. The van der Waals surface area contributed by atoms with Gasteiger partial charge in [0.25, 0.3) is 0 Å². The van der Waals surface area contributed by atoms with E-state index in [2.05, 4.69) is 10.1 Å². The topological polar surface area (TPSA) is 94.2 Å². The maximum atomic E-state index is 12.2. The quantitative estimate of drug-likeness (QED) is 0.785. The summed E-state index contributed by atoms with van der Waals surface area (Å²) in [5, 5.41) is 2.48. The number of carbonyl (C=O) groups is 3. The van der Waals surface area contributed by atoms with Crippen molar-refractivity contribution in [3.05, 3.63) is 18.2 Å². The smallest absolute Gasteiger partial charge is 0.325 e. The van der Waals surface area contributed by atoms with Gasteiger partial charge in [-0.05, 0) is 12.1 Å². The second kappa shape index (κ2) is 6.77. The minimum atomic E-state index is -0.531. The lowest BCUT2D eigenvalue weighted by Crippen LogP contribution is -2.36. The average molecular weight is 334 g/mol. The van der Waals surface area contributed by atoms with E-state index in [0.717, 1.165) is 0 Å². The summed E-state index contributed by atoms with van der Waals surface area (Å²) in [4.78, 5) is 36.9. The number of benzene rings is 1. The molecule has 1 atom stereocenters. The van der Waals surface area contributed by atoms with E-state index in [1.807, 2.05) is 0 Å². The fourth-order valence-electron chi connectivity index (χ4n) is 2.71. The fourth-order valence-corrected chi connectivity index (χ4v) is 2.71. The predicted octanol–water partition coefficient (Wildman–Crippen LogP) is 0.0999. The van der Waals surface area contributed by atoms with Crippen LogP contribution in [-0.4, -0.2) is 51.2 Å². The summed E-state index contributed by atoms with van der Waals surface area (Å²) in [6, 6.07) is 5.25. The number of amides is 2. The fraction of sp³-hybridized carbons (Fsp3) is 0.438. The van der Waals surface area contributed by atoms with E-state index in [0.29, 0.717) is 30.4 Å². The Bertz CT molecular complexity index is 675.